The van der Waals surface area contributed by atoms with Gasteiger partial charge in [0.25, 0.3) is 0 Å². The molecule has 0 aliphatic heterocycles. The van der Waals surface area contributed by atoms with E-state index in [-0.39, 0.29) is 10.9 Å². The van der Waals surface area contributed by atoms with Crippen LogP contribution in [-0.2, 0) is 16.6 Å². The van der Waals surface area contributed by atoms with Crippen molar-refractivity contribution in [1.29, 1.82) is 0 Å². The molecule has 0 radical (unpaired) electrons. The monoisotopic (exact) mass is 304 g/mol. The van der Waals surface area contributed by atoms with Crippen LogP contribution in [0, 0.1) is 6.92 Å². The van der Waals surface area contributed by atoms with E-state index in [1.54, 1.807) is 24.3 Å². The summed E-state index contributed by atoms with van der Waals surface area (Å²) in [5.41, 5.74) is 8.51. The second-order valence-corrected chi connectivity index (χ2v) is 6.82. The van der Waals surface area contributed by atoms with Crippen molar-refractivity contribution in [2.45, 2.75) is 31.3 Å². The Labute approximate surface area is 126 Å². The van der Waals surface area contributed by atoms with Crippen LogP contribution in [0.15, 0.2) is 53.4 Å². The van der Waals surface area contributed by atoms with Crippen LogP contribution in [0.5, 0.6) is 0 Å². The van der Waals surface area contributed by atoms with Crippen molar-refractivity contribution in [3.8, 4) is 0 Å². The molecular formula is C16H20N2O2S. The van der Waals surface area contributed by atoms with Crippen LogP contribution in [0.25, 0.3) is 0 Å². The summed E-state index contributed by atoms with van der Waals surface area (Å²) in [6.45, 7) is 4.22. The Morgan fingerprint density at radius 1 is 1.05 bits per heavy atom. The third-order valence-electron chi connectivity index (χ3n) is 3.38. The van der Waals surface area contributed by atoms with Crippen molar-refractivity contribution in [3.05, 3.63) is 65.2 Å². The highest BCUT2D eigenvalue weighted by Gasteiger charge is 2.18. The first-order valence-electron chi connectivity index (χ1n) is 6.80. The molecule has 2 aromatic rings. The minimum atomic E-state index is -3.51. The molecule has 5 heteroatoms. The molecule has 0 aromatic heterocycles. The predicted octanol–water partition coefficient (Wildman–Crippen LogP) is 2.49. The van der Waals surface area contributed by atoms with Gasteiger partial charge in [-0.1, -0.05) is 42.0 Å². The molecule has 0 spiro atoms. The van der Waals surface area contributed by atoms with Gasteiger partial charge < -0.3 is 5.73 Å². The molecule has 1 atom stereocenters. The molecule has 0 bridgehead atoms. The lowest BCUT2D eigenvalue weighted by atomic mass is 10.1. The van der Waals surface area contributed by atoms with E-state index in [1.165, 1.54) is 0 Å². The molecule has 0 aliphatic rings. The van der Waals surface area contributed by atoms with Gasteiger partial charge in [-0.3, -0.25) is 0 Å². The van der Waals surface area contributed by atoms with Crippen LogP contribution >= 0.6 is 0 Å². The van der Waals surface area contributed by atoms with Gasteiger partial charge in [0.15, 0.2) is 0 Å². The van der Waals surface area contributed by atoms with Crippen LogP contribution in [-0.4, -0.2) is 8.42 Å². The van der Waals surface area contributed by atoms with Crippen LogP contribution < -0.4 is 10.5 Å². The molecular weight excluding hydrogens is 284 g/mol. The molecule has 112 valence electrons. The Kier molecular flexibility index (Phi) is 4.77. The Morgan fingerprint density at radius 2 is 1.62 bits per heavy atom. The molecule has 2 rings (SSSR count). The Bertz CT molecular complexity index is 692. The summed E-state index contributed by atoms with van der Waals surface area (Å²) in [4.78, 5) is 0.276. The first kappa shape index (κ1) is 15.7. The summed E-state index contributed by atoms with van der Waals surface area (Å²) in [5, 5.41) is 0. The van der Waals surface area contributed by atoms with Gasteiger partial charge in [0, 0.05) is 12.6 Å². The molecule has 2 aromatic carbocycles. The second kappa shape index (κ2) is 6.39. The maximum absolute atomic E-state index is 12.3. The van der Waals surface area contributed by atoms with E-state index < -0.39 is 10.0 Å². The number of benzene rings is 2. The minimum absolute atomic E-state index is 0.276. The first-order valence-corrected chi connectivity index (χ1v) is 8.28. The number of sulfonamides is 1. The van der Waals surface area contributed by atoms with E-state index in [0.717, 1.165) is 16.7 Å². The maximum Gasteiger partial charge on any atom is 0.241 e. The van der Waals surface area contributed by atoms with Gasteiger partial charge in [0.05, 0.1) is 4.90 Å². The highest BCUT2D eigenvalue weighted by Crippen LogP contribution is 2.18. The van der Waals surface area contributed by atoms with Gasteiger partial charge in [-0.05, 0) is 37.1 Å². The molecule has 0 saturated carbocycles. The van der Waals surface area contributed by atoms with Gasteiger partial charge in [0.2, 0.25) is 10.0 Å². The largest absolute Gasteiger partial charge is 0.326 e. The number of hydrogen-bond acceptors (Lipinski definition) is 3. The van der Waals surface area contributed by atoms with Crippen molar-refractivity contribution in [2.75, 3.05) is 0 Å². The number of nitrogens with two attached hydrogens (primary N) is 1. The summed E-state index contributed by atoms with van der Waals surface area (Å²) in [7, 11) is -3.51. The van der Waals surface area contributed by atoms with Crippen molar-refractivity contribution < 1.29 is 8.42 Å². The van der Waals surface area contributed by atoms with E-state index in [0.29, 0.717) is 6.54 Å². The molecule has 21 heavy (non-hydrogen) atoms. The van der Waals surface area contributed by atoms with Gasteiger partial charge in [0.1, 0.15) is 0 Å². The third-order valence-corrected chi connectivity index (χ3v) is 4.94. The van der Waals surface area contributed by atoms with Crippen LogP contribution in [0.2, 0.25) is 0 Å². The van der Waals surface area contributed by atoms with Crippen molar-refractivity contribution in [1.82, 2.24) is 4.72 Å². The lowest BCUT2D eigenvalue weighted by Crippen LogP contribution is -2.26. The molecule has 0 amide bonds. The normalized spacial score (nSPS) is 13.1. The average Bonchev–Trinajstić information content (AvgIpc) is 2.47. The van der Waals surface area contributed by atoms with Gasteiger partial charge in [-0.15, -0.1) is 0 Å². The number of rotatable bonds is 5. The van der Waals surface area contributed by atoms with E-state index >= 15 is 0 Å². The summed E-state index contributed by atoms with van der Waals surface area (Å²) in [6.07, 6.45) is 0. The average molecular weight is 304 g/mol. The number of hydrogen-bond donors (Lipinski definition) is 2. The molecule has 3 N–H and O–H groups in total. The quantitative estimate of drug-likeness (QED) is 0.891. The first-order chi connectivity index (χ1) is 9.92. The molecule has 0 aliphatic carbocycles. The van der Waals surface area contributed by atoms with E-state index in [1.807, 2.05) is 38.1 Å². The van der Waals surface area contributed by atoms with Crippen molar-refractivity contribution >= 4 is 10.0 Å². The highest BCUT2D eigenvalue weighted by molar-refractivity contribution is 7.89. The van der Waals surface area contributed by atoms with E-state index in [4.69, 9.17) is 5.73 Å². The highest BCUT2D eigenvalue weighted by atomic mass is 32.2. The summed E-state index contributed by atoms with van der Waals surface area (Å²) >= 11 is 0. The SMILES string of the molecule is Cc1ccc(S(=O)(=O)NC(C)c2ccc(CN)cc2)cc1. The van der Waals surface area contributed by atoms with Crippen LogP contribution in [0.1, 0.15) is 29.7 Å². The lowest BCUT2D eigenvalue weighted by molar-refractivity contribution is 0.567. The molecule has 0 fully saturated rings. The van der Waals surface area contributed by atoms with Crippen molar-refractivity contribution in [3.63, 3.8) is 0 Å². The summed E-state index contributed by atoms with van der Waals surface area (Å²) in [5.74, 6) is 0. The van der Waals surface area contributed by atoms with Crippen LogP contribution in [0.3, 0.4) is 0 Å². The van der Waals surface area contributed by atoms with Gasteiger partial charge >= 0.3 is 0 Å². The topological polar surface area (TPSA) is 72.2 Å². The second-order valence-electron chi connectivity index (χ2n) is 5.10. The van der Waals surface area contributed by atoms with Crippen molar-refractivity contribution in [2.24, 2.45) is 5.73 Å². The third kappa shape index (κ3) is 3.91. The predicted molar refractivity (Wildman–Crippen MR) is 84.2 cm³/mol. The fourth-order valence-corrected chi connectivity index (χ4v) is 3.26. The molecule has 4 nitrogen and oxygen atoms in total. The fraction of sp³-hybridized carbons (Fsp3) is 0.250. The minimum Gasteiger partial charge on any atom is -0.326 e. The fourth-order valence-electron chi connectivity index (χ4n) is 2.03. The Balaban J connectivity index is 2.17. The van der Waals surface area contributed by atoms with E-state index in [9.17, 15) is 8.42 Å². The zero-order valence-corrected chi connectivity index (χ0v) is 13.0. The summed E-state index contributed by atoms with van der Waals surface area (Å²) in [6, 6.07) is 14.1. The standard InChI is InChI=1S/C16H20N2O2S/c1-12-3-9-16(10-4-12)21(19,20)18-13(2)15-7-5-14(11-17)6-8-15/h3-10,13,18H,11,17H2,1-2H3. The maximum atomic E-state index is 12.3. The zero-order chi connectivity index (χ0) is 15.5. The van der Waals surface area contributed by atoms with Gasteiger partial charge in [-0.2, -0.15) is 0 Å². The Hall–Kier alpha value is -1.69. The number of aryl methyl sites for hydroxylation is 1. The number of nitrogens with one attached hydrogen (secondary N) is 1. The lowest BCUT2D eigenvalue weighted by Gasteiger charge is -2.15. The van der Waals surface area contributed by atoms with E-state index in [2.05, 4.69) is 4.72 Å². The molecule has 0 saturated heterocycles. The zero-order valence-electron chi connectivity index (χ0n) is 12.2. The summed E-state index contributed by atoms with van der Waals surface area (Å²) < 4.78 is 27.3. The Morgan fingerprint density at radius 3 is 2.14 bits per heavy atom. The molecule has 1 unspecified atom stereocenters. The van der Waals surface area contributed by atoms with Gasteiger partial charge in [-0.25, -0.2) is 13.1 Å². The molecule has 0 heterocycles. The van der Waals surface area contributed by atoms with Crippen LogP contribution in [0.4, 0.5) is 0 Å². The smallest absolute Gasteiger partial charge is 0.241 e.